The molecule has 1 aromatic heterocycles. The number of fused-ring (bicyclic) bond motifs is 1. The average molecular weight is 339 g/mol. The maximum Gasteiger partial charge on any atom is 0.274 e. The van der Waals surface area contributed by atoms with Crippen molar-refractivity contribution in [3.63, 3.8) is 0 Å². The molecule has 1 aromatic carbocycles. The number of nitrogens with one attached hydrogen (secondary N) is 1. The number of piperazine rings is 1. The molecule has 2 aliphatic rings. The Kier molecular flexibility index (Phi) is 4.81. The minimum Gasteiger partial charge on any atom is -0.335 e. The third kappa shape index (κ3) is 3.75. The number of hydrogen-bond donors (Lipinski definition) is 1. The van der Waals surface area contributed by atoms with Crippen LogP contribution in [0.1, 0.15) is 21.9 Å². The van der Waals surface area contributed by atoms with E-state index in [9.17, 15) is 4.79 Å². The zero-order valence-electron chi connectivity index (χ0n) is 14.5. The Morgan fingerprint density at radius 1 is 1.08 bits per heavy atom. The van der Waals surface area contributed by atoms with Crippen molar-refractivity contribution < 1.29 is 4.79 Å². The molecular formula is C19H25N5O. The molecule has 3 heterocycles. The fourth-order valence-electron chi connectivity index (χ4n) is 3.56. The fourth-order valence-corrected chi connectivity index (χ4v) is 3.56. The zero-order valence-corrected chi connectivity index (χ0v) is 14.5. The normalized spacial score (nSPS) is 18.2. The third-order valence-corrected chi connectivity index (χ3v) is 5.11. The van der Waals surface area contributed by atoms with Crippen LogP contribution < -0.4 is 5.32 Å². The van der Waals surface area contributed by atoms with Crippen LogP contribution in [-0.4, -0.2) is 64.5 Å². The van der Waals surface area contributed by atoms with Gasteiger partial charge in [0.1, 0.15) is 11.5 Å². The first-order valence-corrected chi connectivity index (χ1v) is 9.12. The number of benzene rings is 1. The Labute approximate surface area is 148 Å². The summed E-state index contributed by atoms with van der Waals surface area (Å²) in [5.41, 5.74) is 1.97. The summed E-state index contributed by atoms with van der Waals surface area (Å²) in [7, 11) is 0. The number of amides is 1. The van der Waals surface area contributed by atoms with Crippen molar-refractivity contribution in [3.05, 3.63) is 53.6 Å². The highest BCUT2D eigenvalue weighted by molar-refractivity contribution is 5.92. The van der Waals surface area contributed by atoms with Crippen LogP contribution in [0.4, 0.5) is 0 Å². The molecule has 1 fully saturated rings. The standard InChI is InChI=1S/C19H25N5O/c25-19(17-15-24-9-7-20-14-18(24)21-17)23-12-10-22(11-13-23)8-6-16-4-2-1-3-5-16/h1-5,15,20H,6-14H2. The lowest BCUT2D eigenvalue weighted by atomic mass is 10.1. The molecule has 0 atom stereocenters. The minimum absolute atomic E-state index is 0.0737. The molecule has 0 radical (unpaired) electrons. The highest BCUT2D eigenvalue weighted by Crippen LogP contribution is 2.12. The molecule has 1 amide bonds. The number of carbonyl (C=O) groups excluding carboxylic acids is 1. The maximum atomic E-state index is 12.7. The van der Waals surface area contributed by atoms with Crippen LogP contribution in [0.5, 0.6) is 0 Å². The van der Waals surface area contributed by atoms with Gasteiger partial charge in [-0.2, -0.15) is 0 Å². The van der Waals surface area contributed by atoms with Gasteiger partial charge in [0, 0.05) is 52.0 Å². The summed E-state index contributed by atoms with van der Waals surface area (Å²) in [5, 5.41) is 3.29. The summed E-state index contributed by atoms with van der Waals surface area (Å²) in [6, 6.07) is 10.6. The van der Waals surface area contributed by atoms with Crippen molar-refractivity contribution in [3.8, 4) is 0 Å². The van der Waals surface area contributed by atoms with Gasteiger partial charge in [-0.25, -0.2) is 4.98 Å². The third-order valence-electron chi connectivity index (χ3n) is 5.11. The smallest absolute Gasteiger partial charge is 0.274 e. The lowest BCUT2D eigenvalue weighted by Gasteiger charge is -2.34. The molecule has 0 bridgehead atoms. The topological polar surface area (TPSA) is 53.4 Å². The number of hydrogen-bond acceptors (Lipinski definition) is 4. The second-order valence-electron chi connectivity index (χ2n) is 6.78. The summed E-state index contributed by atoms with van der Waals surface area (Å²) >= 11 is 0. The molecule has 1 N–H and O–H groups in total. The Bertz CT molecular complexity index is 695. The second kappa shape index (κ2) is 7.37. The molecule has 0 aliphatic carbocycles. The Balaban J connectivity index is 1.29. The molecule has 6 nitrogen and oxygen atoms in total. The predicted molar refractivity (Wildman–Crippen MR) is 96.4 cm³/mol. The van der Waals surface area contributed by atoms with Crippen molar-refractivity contribution in [2.75, 3.05) is 39.3 Å². The van der Waals surface area contributed by atoms with Gasteiger partial charge >= 0.3 is 0 Å². The molecule has 0 spiro atoms. The minimum atomic E-state index is 0.0737. The lowest BCUT2D eigenvalue weighted by molar-refractivity contribution is 0.0633. The van der Waals surface area contributed by atoms with Gasteiger partial charge in [0.05, 0.1) is 6.54 Å². The lowest BCUT2D eigenvalue weighted by Crippen LogP contribution is -2.49. The largest absolute Gasteiger partial charge is 0.335 e. The van der Waals surface area contributed by atoms with E-state index in [0.717, 1.165) is 64.6 Å². The van der Waals surface area contributed by atoms with E-state index in [-0.39, 0.29) is 5.91 Å². The zero-order chi connectivity index (χ0) is 17.1. The van der Waals surface area contributed by atoms with Gasteiger partial charge in [-0.3, -0.25) is 9.69 Å². The van der Waals surface area contributed by atoms with Crippen LogP contribution in [0.15, 0.2) is 36.5 Å². The molecule has 6 heteroatoms. The van der Waals surface area contributed by atoms with E-state index in [0.29, 0.717) is 5.69 Å². The first-order chi connectivity index (χ1) is 12.3. The first kappa shape index (κ1) is 16.3. The number of aromatic nitrogens is 2. The molecule has 132 valence electrons. The number of imidazole rings is 1. The van der Waals surface area contributed by atoms with Crippen LogP contribution in [0.2, 0.25) is 0 Å². The predicted octanol–water partition coefficient (Wildman–Crippen LogP) is 0.987. The van der Waals surface area contributed by atoms with Crippen LogP contribution in [0, 0.1) is 0 Å². The molecule has 4 rings (SSSR count). The molecule has 25 heavy (non-hydrogen) atoms. The van der Waals surface area contributed by atoms with Crippen molar-refractivity contribution in [2.45, 2.75) is 19.5 Å². The quantitative estimate of drug-likeness (QED) is 0.902. The van der Waals surface area contributed by atoms with Crippen LogP contribution in [0.25, 0.3) is 0 Å². The molecule has 0 unspecified atom stereocenters. The number of rotatable bonds is 4. The van der Waals surface area contributed by atoms with Crippen LogP contribution >= 0.6 is 0 Å². The summed E-state index contributed by atoms with van der Waals surface area (Å²) in [6.07, 6.45) is 2.98. The van der Waals surface area contributed by atoms with E-state index < -0.39 is 0 Å². The second-order valence-corrected chi connectivity index (χ2v) is 6.78. The molecule has 2 aromatic rings. The van der Waals surface area contributed by atoms with E-state index in [4.69, 9.17) is 0 Å². The Hall–Kier alpha value is -2.18. The number of carbonyl (C=O) groups is 1. The van der Waals surface area contributed by atoms with Crippen molar-refractivity contribution >= 4 is 5.91 Å². The molecule has 2 aliphatic heterocycles. The van der Waals surface area contributed by atoms with Gasteiger partial charge < -0.3 is 14.8 Å². The number of nitrogens with zero attached hydrogens (tertiary/aromatic N) is 4. The highest BCUT2D eigenvalue weighted by atomic mass is 16.2. The monoisotopic (exact) mass is 339 g/mol. The summed E-state index contributed by atoms with van der Waals surface area (Å²) < 4.78 is 2.10. The van der Waals surface area contributed by atoms with Gasteiger partial charge in [-0.15, -0.1) is 0 Å². The van der Waals surface area contributed by atoms with Gasteiger partial charge in [-0.05, 0) is 12.0 Å². The van der Waals surface area contributed by atoms with E-state index in [1.165, 1.54) is 5.56 Å². The first-order valence-electron chi connectivity index (χ1n) is 9.12. The Morgan fingerprint density at radius 2 is 1.88 bits per heavy atom. The Morgan fingerprint density at radius 3 is 2.64 bits per heavy atom. The van der Waals surface area contributed by atoms with Crippen molar-refractivity contribution in [2.24, 2.45) is 0 Å². The van der Waals surface area contributed by atoms with Crippen LogP contribution in [0.3, 0.4) is 0 Å². The fraction of sp³-hybridized carbons (Fsp3) is 0.474. The van der Waals surface area contributed by atoms with Gasteiger partial charge in [0.2, 0.25) is 0 Å². The van der Waals surface area contributed by atoms with Crippen LogP contribution in [-0.2, 0) is 19.5 Å². The molecular weight excluding hydrogens is 314 g/mol. The van der Waals surface area contributed by atoms with Gasteiger partial charge in [0.25, 0.3) is 5.91 Å². The summed E-state index contributed by atoms with van der Waals surface area (Å²) in [5.74, 6) is 1.04. The van der Waals surface area contributed by atoms with Gasteiger partial charge in [0.15, 0.2) is 0 Å². The average Bonchev–Trinajstić information content (AvgIpc) is 3.11. The van der Waals surface area contributed by atoms with Crippen molar-refractivity contribution in [1.82, 2.24) is 24.7 Å². The van der Waals surface area contributed by atoms with E-state index in [1.807, 2.05) is 11.1 Å². The highest BCUT2D eigenvalue weighted by Gasteiger charge is 2.25. The maximum absolute atomic E-state index is 12.7. The summed E-state index contributed by atoms with van der Waals surface area (Å²) in [6.45, 7) is 7.08. The SMILES string of the molecule is O=C(c1cn2c(n1)CNCC2)N1CCN(CCc2ccccc2)CC1. The van der Waals surface area contributed by atoms with E-state index in [1.54, 1.807) is 0 Å². The van der Waals surface area contributed by atoms with E-state index >= 15 is 0 Å². The summed E-state index contributed by atoms with van der Waals surface area (Å²) in [4.78, 5) is 21.6. The van der Waals surface area contributed by atoms with Crippen molar-refractivity contribution in [1.29, 1.82) is 0 Å². The van der Waals surface area contributed by atoms with Gasteiger partial charge in [-0.1, -0.05) is 30.3 Å². The molecule has 0 saturated carbocycles. The van der Waals surface area contributed by atoms with E-state index in [2.05, 4.69) is 50.1 Å². The molecule has 1 saturated heterocycles.